The van der Waals surface area contributed by atoms with E-state index in [2.05, 4.69) is 10.3 Å². The van der Waals surface area contributed by atoms with Crippen LogP contribution in [0.3, 0.4) is 0 Å². The Morgan fingerprint density at radius 2 is 2.00 bits per heavy atom. The standard InChI is InChI=1S/C8H13N3O4.C8H8N2O3/c9-5-1-10-3-11(5)8-7(14)6(13)4(2-12)15-8;1-6(11)9-7-2-4-8(5-3-7)10(12)13/h1,3-4,6-8,12-14H,2,9H2;2-5H,1H3,(H,9,11)/t4-,6-,7-,8-;/m1./s1. The number of nitrogen functional groups attached to an aromatic ring is 1. The van der Waals surface area contributed by atoms with Crippen LogP contribution in [-0.4, -0.2) is 60.6 Å². The molecule has 0 saturated carbocycles. The summed E-state index contributed by atoms with van der Waals surface area (Å²) in [6.45, 7) is 1.02. The van der Waals surface area contributed by atoms with Crippen molar-refractivity contribution in [3.63, 3.8) is 0 Å². The second kappa shape index (κ2) is 9.23. The van der Waals surface area contributed by atoms with Gasteiger partial charge in [0.15, 0.2) is 6.23 Å². The number of non-ortho nitro benzene ring substituents is 1. The van der Waals surface area contributed by atoms with Crippen molar-refractivity contribution in [1.29, 1.82) is 0 Å². The lowest BCUT2D eigenvalue weighted by molar-refractivity contribution is -0.384. The van der Waals surface area contributed by atoms with E-state index in [1.165, 1.54) is 48.3 Å². The molecule has 1 aromatic heterocycles. The molecule has 0 radical (unpaired) electrons. The highest BCUT2D eigenvalue weighted by molar-refractivity contribution is 5.88. The monoisotopic (exact) mass is 395 g/mol. The molecule has 3 rings (SSSR count). The number of imidazole rings is 1. The van der Waals surface area contributed by atoms with Gasteiger partial charge in [-0.15, -0.1) is 0 Å². The molecule has 28 heavy (non-hydrogen) atoms. The summed E-state index contributed by atoms with van der Waals surface area (Å²) in [4.78, 5) is 24.1. The molecule has 152 valence electrons. The highest BCUT2D eigenvalue weighted by Gasteiger charge is 2.43. The minimum absolute atomic E-state index is 0.00843. The Bertz CT molecular complexity index is 810. The molecule has 1 aromatic carbocycles. The van der Waals surface area contributed by atoms with E-state index in [4.69, 9.17) is 15.6 Å². The number of aliphatic hydroxyl groups excluding tert-OH is 3. The fraction of sp³-hybridized carbons (Fsp3) is 0.375. The van der Waals surface area contributed by atoms with Crippen molar-refractivity contribution in [1.82, 2.24) is 9.55 Å². The first kappa shape index (κ1) is 21.2. The molecule has 0 spiro atoms. The molecule has 1 aliphatic rings. The Morgan fingerprint density at radius 1 is 1.36 bits per heavy atom. The fourth-order valence-electron chi connectivity index (χ4n) is 2.51. The summed E-state index contributed by atoms with van der Waals surface area (Å²) >= 11 is 0. The summed E-state index contributed by atoms with van der Waals surface area (Å²) in [6, 6.07) is 5.65. The van der Waals surface area contributed by atoms with Gasteiger partial charge in [-0.3, -0.25) is 19.5 Å². The number of anilines is 2. The number of aliphatic hydroxyl groups is 3. The van der Waals surface area contributed by atoms with Crippen molar-refractivity contribution in [3.8, 4) is 0 Å². The fourth-order valence-corrected chi connectivity index (χ4v) is 2.51. The van der Waals surface area contributed by atoms with Gasteiger partial charge >= 0.3 is 0 Å². The van der Waals surface area contributed by atoms with Crippen LogP contribution in [0, 0.1) is 10.1 Å². The van der Waals surface area contributed by atoms with Gasteiger partial charge < -0.3 is 31.1 Å². The molecule has 0 bridgehead atoms. The van der Waals surface area contributed by atoms with E-state index in [0.29, 0.717) is 11.5 Å². The van der Waals surface area contributed by atoms with Gasteiger partial charge in [0.1, 0.15) is 24.1 Å². The second-order valence-electron chi connectivity index (χ2n) is 5.94. The van der Waals surface area contributed by atoms with Crippen molar-refractivity contribution in [2.45, 2.75) is 31.5 Å². The van der Waals surface area contributed by atoms with Gasteiger partial charge in [-0.1, -0.05) is 0 Å². The van der Waals surface area contributed by atoms with Crippen LogP contribution < -0.4 is 11.1 Å². The maximum absolute atomic E-state index is 10.6. The lowest BCUT2D eigenvalue weighted by Crippen LogP contribution is -2.33. The van der Waals surface area contributed by atoms with Crippen molar-refractivity contribution in [2.75, 3.05) is 17.7 Å². The van der Waals surface area contributed by atoms with Gasteiger partial charge in [-0.2, -0.15) is 0 Å². The molecule has 1 aliphatic heterocycles. The number of carbonyl (C=O) groups is 1. The van der Waals surface area contributed by atoms with Crippen LogP contribution in [0.4, 0.5) is 17.2 Å². The molecule has 1 amide bonds. The third kappa shape index (κ3) is 5.01. The van der Waals surface area contributed by atoms with Crippen LogP contribution in [0.2, 0.25) is 0 Å². The van der Waals surface area contributed by atoms with Crippen molar-refractivity contribution < 1.29 is 29.8 Å². The summed E-state index contributed by atoms with van der Waals surface area (Å²) in [7, 11) is 0. The average Bonchev–Trinajstić information content (AvgIpc) is 3.19. The summed E-state index contributed by atoms with van der Waals surface area (Å²) in [5.41, 5.74) is 6.14. The number of amides is 1. The minimum atomic E-state index is -1.13. The number of nitrogens with one attached hydrogen (secondary N) is 1. The normalized spacial score (nSPS) is 23.6. The molecule has 4 atom stereocenters. The van der Waals surface area contributed by atoms with E-state index < -0.39 is 29.5 Å². The number of benzene rings is 1. The maximum Gasteiger partial charge on any atom is 0.269 e. The molecule has 12 heteroatoms. The molecule has 2 heterocycles. The summed E-state index contributed by atoms with van der Waals surface area (Å²) in [5.74, 6) is 0.124. The summed E-state index contributed by atoms with van der Waals surface area (Å²) < 4.78 is 6.66. The first-order valence-electron chi connectivity index (χ1n) is 8.16. The van der Waals surface area contributed by atoms with Crippen LogP contribution in [0.5, 0.6) is 0 Å². The minimum Gasteiger partial charge on any atom is -0.394 e. The van der Waals surface area contributed by atoms with Gasteiger partial charge in [0.05, 0.1) is 24.1 Å². The Morgan fingerprint density at radius 3 is 2.43 bits per heavy atom. The van der Waals surface area contributed by atoms with Crippen molar-refractivity contribution in [3.05, 3.63) is 46.9 Å². The number of aromatic nitrogens is 2. The highest BCUT2D eigenvalue weighted by Crippen LogP contribution is 2.30. The number of nitro benzene ring substituents is 1. The number of nitrogens with two attached hydrogens (primary N) is 1. The summed E-state index contributed by atoms with van der Waals surface area (Å²) in [5, 5.41) is 40.8. The lowest BCUT2D eigenvalue weighted by atomic mass is 10.1. The first-order chi connectivity index (χ1) is 13.2. The number of hydrogen-bond donors (Lipinski definition) is 5. The van der Waals surface area contributed by atoms with E-state index in [1.54, 1.807) is 0 Å². The predicted octanol–water partition coefficient (Wildman–Crippen LogP) is -0.370. The zero-order valence-corrected chi connectivity index (χ0v) is 14.9. The number of carbonyl (C=O) groups excluding carboxylic acids is 1. The summed E-state index contributed by atoms with van der Waals surface area (Å²) in [6.07, 6.45) is -1.04. The van der Waals surface area contributed by atoms with E-state index in [1.807, 2.05) is 0 Å². The molecule has 1 saturated heterocycles. The Labute approximate surface area is 159 Å². The Kier molecular flexibility index (Phi) is 7.00. The van der Waals surface area contributed by atoms with E-state index in [-0.39, 0.29) is 18.2 Å². The van der Waals surface area contributed by atoms with E-state index >= 15 is 0 Å². The average molecular weight is 395 g/mol. The van der Waals surface area contributed by atoms with Crippen LogP contribution in [0.25, 0.3) is 0 Å². The second-order valence-corrected chi connectivity index (χ2v) is 5.94. The SMILES string of the molecule is CC(=O)Nc1ccc([N+](=O)[O-])cc1.Nc1cncn1[C@@H]1O[C@H](CO)[C@@H](O)[C@H]1O. The quantitative estimate of drug-likeness (QED) is 0.340. The van der Waals surface area contributed by atoms with Crippen LogP contribution >= 0.6 is 0 Å². The Hall–Kier alpha value is -3.06. The number of ether oxygens (including phenoxy) is 1. The molecule has 2 aromatic rings. The molecular weight excluding hydrogens is 374 g/mol. The van der Waals surface area contributed by atoms with E-state index in [9.17, 15) is 25.1 Å². The van der Waals surface area contributed by atoms with Crippen LogP contribution in [0.1, 0.15) is 13.2 Å². The molecule has 6 N–H and O–H groups in total. The lowest BCUT2D eigenvalue weighted by Gasteiger charge is -2.16. The molecule has 1 fully saturated rings. The van der Waals surface area contributed by atoms with Gasteiger partial charge in [0.2, 0.25) is 5.91 Å². The zero-order valence-electron chi connectivity index (χ0n) is 14.9. The Balaban J connectivity index is 0.000000203. The third-order valence-electron chi connectivity index (χ3n) is 3.89. The van der Waals surface area contributed by atoms with Crippen molar-refractivity contribution in [2.24, 2.45) is 0 Å². The number of hydrogen-bond acceptors (Lipinski definition) is 9. The van der Waals surface area contributed by atoms with Crippen LogP contribution in [-0.2, 0) is 9.53 Å². The molecular formula is C16H21N5O7. The topological polar surface area (TPSA) is 186 Å². The van der Waals surface area contributed by atoms with Gasteiger partial charge in [0.25, 0.3) is 5.69 Å². The largest absolute Gasteiger partial charge is 0.394 e. The highest BCUT2D eigenvalue weighted by atomic mass is 16.6. The van der Waals surface area contributed by atoms with Gasteiger partial charge in [-0.25, -0.2) is 4.98 Å². The van der Waals surface area contributed by atoms with Gasteiger partial charge in [-0.05, 0) is 12.1 Å². The van der Waals surface area contributed by atoms with E-state index in [0.717, 1.165) is 0 Å². The molecule has 12 nitrogen and oxygen atoms in total. The predicted molar refractivity (Wildman–Crippen MR) is 97.0 cm³/mol. The first-order valence-corrected chi connectivity index (χ1v) is 8.16. The number of nitro groups is 1. The smallest absolute Gasteiger partial charge is 0.269 e. The molecule has 0 aliphatic carbocycles. The number of nitrogens with zero attached hydrogens (tertiary/aromatic N) is 3. The van der Waals surface area contributed by atoms with Crippen molar-refractivity contribution >= 4 is 23.1 Å². The maximum atomic E-state index is 10.6. The third-order valence-corrected chi connectivity index (χ3v) is 3.89. The molecule has 0 unspecified atom stereocenters. The number of rotatable bonds is 4. The van der Waals surface area contributed by atoms with Gasteiger partial charge in [0, 0.05) is 24.7 Å². The zero-order chi connectivity index (χ0) is 20.8. The van der Waals surface area contributed by atoms with Crippen LogP contribution in [0.15, 0.2) is 36.8 Å².